The van der Waals surface area contributed by atoms with E-state index in [1.54, 1.807) is 0 Å². The Labute approximate surface area is 99.0 Å². The van der Waals surface area contributed by atoms with Crippen LogP contribution in [0.25, 0.3) is 0 Å². The van der Waals surface area contributed by atoms with Gasteiger partial charge in [-0.15, -0.1) is 0 Å². The van der Waals surface area contributed by atoms with Gasteiger partial charge in [0, 0.05) is 17.2 Å². The van der Waals surface area contributed by atoms with Crippen molar-refractivity contribution in [2.24, 2.45) is 0 Å². The van der Waals surface area contributed by atoms with Crippen molar-refractivity contribution >= 4 is 11.4 Å². The Hall–Kier alpha value is -2.16. The number of nitrogens with zero attached hydrogens (tertiary/aromatic N) is 2. The summed E-state index contributed by atoms with van der Waals surface area (Å²) in [6, 6.07) is 1.37. The van der Waals surface area contributed by atoms with Gasteiger partial charge in [0.15, 0.2) is 0 Å². The number of aliphatic hydroxyl groups excluding tert-OH is 1. The van der Waals surface area contributed by atoms with E-state index in [9.17, 15) is 34.1 Å². The van der Waals surface area contributed by atoms with Crippen LogP contribution in [0.4, 0.5) is 20.2 Å². The van der Waals surface area contributed by atoms with Gasteiger partial charge in [0.25, 0.3) is 17.8 Å². The molecule has 0 aliphatic heterocycles. The molecule has 0 aromatic heterocycles. The third kappa shape index (κ3) is 2.56. The maximum Gasteiger partial charge on any atom is 0.279 e. The fourth-order valence-corrected chi connectivity index (χ4v) is 1.44. The van der Waals surface area contributed by atoms with Crippen LogP contribution in [0.3, 0.4) is 0 Å². The summed E-state index contributed by atoms with van der Waals surface area (Å²) in [4.78, 5) is 19.3. The van der Waals surface area contributed by atoms with Crippen LogP contribution >= 0.6 is 0 Å². The summed E-state index contributed by atoms with van der Waals surface area (Å²) in [7, 11) is 0. The molecule has 98 valence electrons. The number of aliphatic hydroxyl groups is 1. The number of nitro benzene ring substituents is 2. The smallest absolute Gasteiger partial charge is 0.279 e. The van der Waals surface area contributed by atoms with E-state index < -0.39 is 39.3 Å². The molecule has 1 atom stereocenters. The maximum atomic E-state index is 12.4. The van der Waals surface area contributed by atoms with E-state index >= 15 is 0 Å². The number of rotatable bonds is 4. The first-order valence-electron chi connectivity index (χ1n) is 4.65. The normalized spacial score (nSPS) is 12.5. The molecular weight excluding hydrogens is 254 g/mol. The minimum Gasteiger partial charge on any atom is -0.382 e. The van der Waals surface area contributed by atoms with Gasteiger partial charge in [-0.1, -0.05) is 0 Å². The van der Waals surface area contributed by atoms with E-state index in [1.165, 1.54) is 0 Å². The van der Waals surface area contributed by atoms with E-state index in [0.717, 1.165) is 6.92 Å². The standard InChI is InChI=1S/C9H8F2N2O5/c1-4-6(8(14)9(10)11)2-5(12(15)16)3-7(4)13(17)18/h2-3,8-9,14H,1H3. The molecule has 0 fully saturated rings. The Bertz CT molecular complexity index is 506. The molecule has 1 unspecified atom stereocenters. The molecule has 0 saturated heterocycles. The zero-order valence-corrected chi connectivity index (χ0v) is 9.04. The second-order valence-electron chi connectivity index (χ2n) is 3.47. The molecule has 0 aliphatic rings. The van der Waals surface area contributed by atoms with Crippen molar-refractivity contribution in [2.45, 2.75) is 19.5 Å². The highest BCUT2D eigenvalue weighted by Gasteiger charge is 2.28. The highest BCUT2D eigenvalue weighted by Crippen LogP contribution is 2.33. The van der Waals surface area contributed by atoms with Crippen molar-refractivity contribution in [3.05, 3.63) is 43.5 Å². The molecule has 0 amide bonds. The Kier molecular flexibility index (Phi) is 3.86. The fourth-order valence-electron chi connectivity index (χ4n) is 1.44. The van der Waals surface area contributed by atoms with Gasteiger partial charge < -0.3 is 5.11 Å². The number of nitro groups is 2. The van der Waals surface area contributed by atoms with E-state index in [2.05, 4.69) is 0 Å². The molecule has 0 heterocycles. The van der Waals surface area contributed by atoms with Gasteiger partial charge in [-0.25, -0.2) is 8.78 Å². The number of hydrogen-bond acceptors (Lipinski definition) is 5. The third-order valence-electron chi connectivity index (χ3n) is 2.37. The highest BCUT2D eigenvalue weighted by atomic mass is 19.3. The van der Waals surface area contributed by atoms with Gasteiger partial charge in [-0.05, 0) is 6.92 Å². The summed E-state index contributed by atoms with van der Waals surface area (Å²) >= 11 is 0. The van der Waals surface area contributed by atoms with Crippen molar-refractivity contribution in [1.29, 1.82) is 0 Å². The lowest BCUT2D eigenvalue weighted by Crippen LogP contribution is -2.11. The molecule has 7 nitrogen and oxygen atoms in total. The molecule has 1 aromatic rings. The van der Waals surface area contributed by atoms with E-state index in [-0.39, 0.29) is 5.56 Å². The van der Waals surface area contributed by atoms with Gasteiger partial charge in [0.05, 0.1) is 15.9 Å². The molecule has 0 spiro atoms. The predicted octanol–water partition coefficient (Wildman–Crippen LogP) is 2.11. The number of benzene rings is 1. The first-order valence-corrected chi connectivity index (χ1v) is 4.65. The van der Waals surface area contributed by atoms with E-state index in [4.69, 9.17) is 0 Å². The summed E-state index contributed by atoms with van der Waals surface area (Å²) in [5.74, 6) is 0. The van der Waals surface area contributed by atoms with Crippen LogP contribution in [-0.2, 0) is 0 Å². The summed E-state index contributed by atoms with van der Waals surface area (Å²) in [6.45, 7) is 1.14. The van der Waals surface area contributed by atoms with Crippen LogP contribution < -0.4 is 0 Å². The van der Waals surface area contributed by atoms with Crippen LogP contribution in [0, 0.1) is 27.2 Å². The maximum absolute atomic E-state index is 12.4. The molecular formula is C9H8F2N2O5. The SMILES string of the molecule is Cc1c(C(O)C(F)F)cc([N+](=O)[O-])cc1[N+](=O)[O-]. The Morgan fingerprint density at radius 2 is 1.78 bits per heavy atom. The molecule has 1 aromatic carbocycles. The van der Waals surface area contributed by atoms with Gasteiger partial charge in [0.2, 0.25) is 0 Å². The lowest BCUT2D eigenvalue weighted by Gasteiger charge is -2.12. The van der Waals surface area contributed by atoms with Gasteiger partial charge in [-0.2, -0.15) is 0 Å². The van der Waals surface area contributed by atoms with Crippen LogP contribution in [0.2, 0.25) is 0 Å². The van der Waals surface area contributed by atoms with Gasteiger partial charge in [0.1, 0.15) is 6.10 Å². The number of hydrogen-bond donors (Lipinski definition) is 1. The molecule has 9 heteroatoms. The number of alkyl halides is 2. The van der Waals surface area contributed by atoms with Crippen molar-refractivity contribution in [2.75, 3.05) is 0 Å². The molecule has 1 N–H and O–H groups in total. The lowest BCUT2D eigenvalue weighted by atomic mass is 10.0. The lowest BCUT2D eigenvalue weighted by molar-refractivity contribution is -0.394. The molecule has 0 radical (unpaired) electrons. The first-order chi connectivity index (χ1) is 8.25. The van der Waals surface area contributed by atoms with Crippen LogP contribution in [-0.4, -0.2) is 21.4 Å². The molecule has 18 heavy (non-hydrogen) atoms. The van der Waals surface area contributed by atoms with Crippen LogP contribution in [0.1, 0.15) is 17.2 Å². The minimum atomic E-state index is -3.19. The second-order valence-corrected chi connectivity index (χ2v) is 3.47. The Morgan fingerprint density at radius 3 is 2.17 bits per heavy atom. The average molecular weight is 262 g/mol. The van der Waals surface area contributed by atoms with Crippen molar-refractivity contribution in [3.8, 4) is 0 Å². The third-order valence-corrected chi connectivity index (χ3v) is 2.37. The van der Waals surface area contributed by atoms with Gasteiger partial charge in [-0.3, -0.25) is 20.2 Å². The predicted molar refractivity (Wildman–Crippen MR) is 55.5 cm³/mol. The number of non-ortho nitro benzene ring substituents is 1. The quantitative estimate of drug-likeness (QED) is 0.660. The summed E-state index contributed by atoms with van der Waals surface area (Å²) < 4.78 is 24.7. The van der Waals surface area contributed by atoms with Crippen LogP contribution in [0.5, 0.6) is 0 Å². The Morgan fingerprint density at radius 1 is 1.22 bits per heavy atom. The fraction of sp³-hybridized carbons (Fsp3) is 0.333. The number of halogens is 2. The topological polar surface area (TPSA) is 107 Å². The molecule has 0 saturated carbocycles. The molecule has 0 bridgehead atoms. The Balaban J connectivity index is 3.50. The van der Waals surface area contributed by atoms with E-state index in [1.807, 2.05) is 0 Å². The van der Waals surface area contributed by atoms with Crippen molar-refractivity contribution in [3.63, 3.8) is 0 Å². The zero-order chi connectivity index (χ0) is 14.0. The second kappa shape index (κ2) is 5.00. The molecule has 1 rings (SSSR count). The van der Waals surface area contributed by atoms with Crippen molar-refractivity contribution < 1.29 is 23.7 Å². The average Bonchev–Trinajstić information content (AvgIpc) is 2.27. The summed E-state index contributed by atoms with van der Waals surface area (Å²) in [5, 5.41) is 30.4. The molecule has 0 aliphatic carbocycles. The van der Waals surface area contributed by atoms with E-state index in [0.29, 0.717) is 12.1 Å². The first kappa shape index (κ1) is 13.9. The minimum absolute atomic E-state index is 0.224. The summed E-state index contributed by atoms with van der Waals surface area (Å²) in [6.07, 6.45) is -5.49. The van der Waals surface area contributed by atoms with Crippen molar-refractivity contribution in [1.82, 2.24) is 0 Å². The van der Waals surface area contributed by atoms with Gasteiger partial charge >= 0.3 is 0 Å². The van der Waals surface area contributed by atoms with Crippen LogP contribution in [0.15, 0.2) is 12.1 Å². The highest BCUT2D eigenvalue weighted by molar-refractivity contribution is 5.54. The largest absolute Gasteiger partial charge is 0.382 e. The zero-order valence-electron chi connectivity index (χ0n) is 9.04. The summed E-state index contributed by atoms with van der Waals surface area (Å²) in [5.41, 5.74) is -2.15. The monoisotopic (exact) mass is 262 g/mol.